The number of anilines is 1. The number of rotatable bonds is 2. The monoisotopic (exact) mass is 174 g/mol. The van der Waals surface area contributed by atoms with Crippen LogP contribution in [-0.2, 0) is 0 Å². The molecule has 0 saturated heterocycles. The van der Waals surface area contributed by atoms with Crippen molar-refractivity contribution in [2.24, 2.45) is 0 Å². The summed E-state index contributed by atoms with van der Waals surface area (Å²) in [5.41, 5.74) is 3.97. The fraction of sp³-hybridized carbons (Fsp3) is 0.111. The van der Waals surface area contributed by atoms with Crippen molar-refractivity contribution in [1.82, 2.24) is 14.6 Å². The van der Waals surface area contributed by atoms with Crippen LogP contribution in [0.15, 0.2) is 36.8 Å². The van der Waals surface area contributed by atoms with Gasteiger partial charge in [0.05, 0.1) is 0 Å². The van der Waals surface area contributed by atoms with Gasteiger partial charge in [-0.15, -0.1) is 0 Å². The molecule has 0 aromatic carbocycles. The Labute approximate surface area is 76.2 Å². The van der Waals surface area contributed by atoms with Crippen molar-refractivity contribution in [1.29, 1.82) is 0 Å². The van der Waals surface area contributed by atoms with Crippen LogP contribution in [-0.4, -0.2) is 14.6 Å². The Hall–Kier alpha value is -1.84. The lowest BCUT2D eigenvalue weighted by Crippen LogP contribution is -2.09. The van der Waals surface area contributed by atoms with Crippen LogP contribution in [0, 0.1) is 6.92 Å². The third kappa shape index (κ3) is 1.84. The molecule has 0 atom stereocenters. The molecular formula is C9H10N4. The normalized spacial score (nSPS) is 9.92. The predicted molar refractivity (Wildman–Crippen MR) is 50.2 cm³/mol. The van der Waals surface area contributed by atoms with Gasteiger partial charge in [0.1, 0.15) is 0 Å². The molecule has 4 nitrogen and oxygen atoms in total. The topological polar surface area (TPSA) is 42.7 Å². The second-order valence-electron chi connectivity index (χ2n) is 2.72. The predicted octanol–water partition coefficient (Wildman–Crippen LogP) is 1.46. The van der Waals surface area contributed by atoms with Crippen LogP contribution in [0.25, 0.3) is 0 Å². The third-order valence-electron chi connectivity index (χ3n) is 1.63. The highest BCUT2D eigenvalue weighted by molar-refractivity contribution is 5.24. The van der Waals surface area contributed by atoms with Crippen LogP contribution in [0.4, 0.5) is 5.95 Å². The van der Waals surface area contributed by atoms with E-state index in [1.54, 1.807) is 10.9 Å². The van der Waals surface area contributed by atoms with E-state index in [9.17, 15) is 0 Å². The van der Waals surface area contributed by atoms with Crippen molar-refractivity contribution in [3.8, 4) is 0 Å². The Kier molecular flexibility index (Phi) is 1.96. The van der Waals surface area contributed by atoms with Gasteiger partial charge in [-0.2, -0.15) is 0 Å². The number of nitrogens with zero attached hydrogens (tertiary/aromatic N) is 3. The first-order valence-corrected chi connectivity index (χ1v) is 4.04. The quantitative estimate of drug-likeness (QED) is 0.749. The third-order valence-corrected chi connectivity index (χ3v) is 1.63. The molecule has 0 aliphatic heterocycles. The summed E-state index contributed by atoms with van der Waals surface area (Å²) in [7, 11) is 0. The minimum absolute atomic E-state index is 0.608. The standard InChI is InChI=1S/C9H10N4/c1-8-4-5-10-9(11-8)12-13-6-2-3-7-13/h2-7H,1H3,(H,10,11,12). The largest absolute Gasteiger partial charge is 0.268 e. The zero-order chi connectivity index (χ0) is 9.10. The lowest BCUT2D eigenvalue weighted by atomic mass is 10.5. The molecule has 0 unspecified atom stereocenters. The first-order chi connectivity index (χ1) is 6.34. The fourth-order valence-electron chi connectivity index (χ4n) is 1.03. The van der Waals surface area contributed by atoms with Gasteiger partial charge in [-0.3, -0.25) is 10.1 Å². The molecule has 1 N–H and O–H groups in total. The molecule has 0 aliphatic rings. The van der Waals surface area contributed by atoms with E-state index in [1.807, 2.05) is 37.5 Å². The van der Waals surface area contributed by atoms with Gasteiger partial charge in [0.15, 0.2) is 0 Å². The van der Waals surface area contributed by atoms with Crippen LogP contribution in [0.1, 0.15) is 5.69 Å². The van der Waals surface area contributed by atoms with E-state index in [0.717, 1.165) is 5.69 Å². The molecule has 0 saturated carbocycles. The average molecular weight is 174 g/mol. The van der Waals surface area contributed by atoms with E-state index in [-0.39, 0.29) is 0 Å². The number of aromatic nitrogens is 3. The smallest absolute Gasteiger partial charge is 0.242 e. The van der Waals surface area contributed by atoms with E-state index in [4.69, 9.17) is 0 Å². The molecule has 2 heterocycles. The Morgan fingerprint density at radius 3 is 2.77 bits per heavy atom. The molecule has 13 heavy (non-hydrogen) atoms. The molecule has 0 radical (unpaired) electrons. The summed E-state index contributed by atoms with van der Waals surface area (Å²) in [6, 6.07) is 5.73. The van der Waals surface area contributed by atoms with Crippen molar-refractivity contribution in [2.45, 2.75) is 6.92 Å². The molecule has 0 fully saturated rings. The maximum atomic E-state index is 4.20. The number of hydrogen-bond donors (Lipinski definition) is 1. The number of aryl methyl sites for hydroxylation is 1. The molecule has 0 amide bonds. The van der Waals surface area contributed by atoms with Crippen LogP contribution >= 0.6 is 0 Å². The first-order valence-electron chi connectivity index (χ1n) is 4.04. The lowest BCUT2D eigenvalue weighted by Gasteiger charge is -2.04. The first kappa shape index (κ1) is 7.79. The zero-order valence-electron chi connectivity index (χ0n) is 7.31. The highest BCUT2D eigenvalue weighted by Crippen LogP contribution is 1.99. The summed E-state index contributed by atoms with van der Waals surface area (Å²) >= 11 is 0. The second kappa shape index (κ2) is 3.26. The van der Waals surface area contributed by atoms with Crippen LogP contribution in [0.2, 0.25) is 0 Å². The van der Waals surface area contributed by atoms with E-state index in [0.29, 0.717) is 5.95 Å². The van der Waals surface area contributed by atoms with E-state index >= 15 is 0 Å². The molecule has 2 rings (SSSR count). The van der Waals surface area contributed by atoms with Gasteiger partial charge >= 0.3 is 0 Å². The van der Waals surface area contributed by atoms with Gasteiger partial charge in [-0.1, -0.05) is 0 Å². The van der Waals surface area contributed by atoms with Crippen molar-refractivity contribution < 1.29 is 0 Å². The van der Waals surface area contributed by atoms with E-state index in [1.165, 1.54) is 0 Å². The summed E-state index contributed by atoms with van der Waals surface area (Å²) < 4.78 is 1.80. The summed E-state index contributed by atoms with van der Waals surface area (Å²) in [6.45, 7) is 1.93. The maximum absolute atomic E-state index is 4.20. The van der Waals surface area contributed by atoms with Crippen LogP contribution < -0.4 is 5.43 Å². The van der Waals surface area contributed by atoms with Crippen LogP contribution in [0.5, 0.6) is 0 Å². The van der Waals surface area contributed by atoms with E-state index in [2.05, 4.69) is 15.4 Å². The SMILES string of the molecule is Cc1ccnc(Nn2cccc2)n1. The van der Waals surface area contributed by atoms with Gasteiger partial charge in [-0.25, -0.2) is 9.97 Å². The molecule has 4 heteroatoms. The molecule has 0 aliphatic carbocycles. The van der Waals surface area contributed by atoms with Crippen molar-refractivity contribution in [3.63, 3.8) is 0 Å². The number of nitrogens with one attached hydrogen (secondary N) is 1. The van der Waals surface area contributed by atoms with Gasteiger partial charge in [0.2, 0.25) is 5.95 Å². The van der Waals surface area contributed by atoms with Gasteiger partial charge < -0.3 is 0 Å². The van der Waals surface area contributed by atoms with Gasteiger partial charge in [0, 0.05) is 24.3 Å². The zero-order valence-corrected chi connectivity index (χ0v) is 7.31. The van der Waals surface area contributed by atoms with Crippen molar-refractivity contribution >= 4 is 5.95 Å². The van der Waals surface area contributed by atoms with Crippen molar-refractivity contribution in [3.05, 3.63) is 42.5 Å². The number of hydrogen-bond acceptors (Lipinski definition) is 3. The molecule has 0 bridgehead atoms. The molecule has 2 aromatic rings. The Morgan fingerprint density at radius 1 is 1.31 bits per heavy atom. The fourth-order valence-corrected chi connectivity index (χ4v) is 1.03. The van der Waals surface area contributed by atoms with Gasteiger partial charge in [-0.05, 0) is 25.1 Å². The van der Waals surface area contributed by atoms with Crippen LogP contribution in [0.3, 0.4) is 0 Å². The van der Waals surface area contributed by atoms with Crippen molar-refractivity contribution in [2.75, 3.05) is 5.43 Å². The Morgan fingerprint density at radius 2 is 2.08 bits per heavy atom. The second-order valence-corrected chi connectivity index (χ2v) is 2.72. The Bertz CT molecular complexity index is 380. The highest BCUT2D eigenvalue weighted by atomic mass is 15.4. The summed E-state index contributed by atoms with van der Waals surface area (Å²) in [5, 5.41) is 0. The molecule has 66 valence electrons. The van der Waals surface area contributed by atoms with E-state index < -0.39 is 0 Å². The Balaban J connectivity index is 2.19. The average Bonchev–Trinajstić information content (AvgIpc) is 2.57. The minimum Gasteiger partial charge on any atom is -0.268 e. The maximum Gasteiger partial charge on any atom is 0.242 e. The minimum atomic E-state index is 0.608. The molecule has 2 aromatic heterocycles. The summed E-state index contributed by atoms with van der Waals surface area (Å²) in [5.74, 6) is 0.608. The lowest BCUT2D eigenvalue weighted by molar-refractivity contribution is 0.920. The molecule has 0 spiro atoms. The van der Waals surface area contributed by atoms with Gasteiger partial charge in [0.25, 0.3) is 0 Å². The highest BCUT2D eigenvalue weighted by Gasteiger charge is 1.94. The summed E-state index contributed by atoms with van der Waals surface area (Å²) in [4.78, 5) is 8.28. The summed E-state index contributed by atoms with van der Waals surface area (Å²) in [6.07, 6.45) is 5.52. The molecular weight excluding hydrogens is 164 g/mol.